The molecule has 0 aliphatic heterocycles. The monoisotopic (exact) mass is 333 g/mol. The topological polar surface area (TPSA) is 51.8 Å². The zero-order valence-corrected chi connectivity index (χ0v) is 13.1. The molecular formula is C16H13F2N3OS. The maximum atomic E-state index is 13.9. The van der Waals surface area contributed by atoms with E-state index in [4.69, 9.17) is 4.42 Å². The highest BCUT2D eigenvalue weighted by molar-refractivity contribution is 7.99. The molecule has 0 aliphatic carbocycles. The SMILES string of the molecule is CC[C@H](Sc1nnc(-c2ccncc2)o1)c1ccc(F)cc1F. The summed E-state index contributed by atoms with van der Waals surface area (Å²) in [5.41, 5.74) is 1.18. The van der Waals surface area contributed by atoms with E-state index in [9.17, 15) is 8.78 Å². The fourth-order valence-corrected chi connectivity index (χ4v) is 3.06. The third-order valence-electron chi connectivity index (χ3n) is 3.26. The molecule has 0 N–H and O–H groups in total. The first-order valence-electron chi connectivity index (χ1n) is 7.03. The van der Waals surface area contributed by atoms with Crippen molar-refractivity contribution in [1.29, 1.82) is 0 Å². The summed E-state index contributed by atoms with van der Waals surface area (Å²) in [4.78, 5) is 3.93. The van der Waals surface area contributed by atoms with Crippen molar-refractivity contribution < 1.29 is 13.2 Å². The summed E-state index contributed by atoms with van der Waals surface area (Å²) in [6.45, 7) is 1.92. The van der Waals surface area contributed by atoms with Gasteiger partial charge in [-0.1, -0.05) is 24.8 Å². The Bertz CT molecular complexity index is 795. The Kier molecular flexibility index (Phi) is 4.66. The van der Waals surface area contributed by atoms with E-state index in [0.717, 1.165) is 11.6 Å². The van der Waals surface area contributed by atoms with Crippen LogP contribution in [-0.2, 0) is 0 Å². The van der Waals surface area contributed by atoms with Crippen LogP contribution < -0.4 is 0 Å². The lowest BCUT2D eigenvalue weighted by atomic mass is 10.1. The molecule has 23 heavy (non-hydrogen) atoms. The third kappa shape index (κ3) is 3.56. The molecule has 0 amide bonds. The quantitative estimate of drug-likeness (QED) is 0.636. The van der Waals surface area contributed by atoms with Crippen molar-refractivity contribution in [1.82, 2.24) is 15.2 Å². The second-order valence-electron chi connectivity index (χ2n) is 4.79. The molecule has 0 fully saturated rings. The highest BCUT2D eigenvalue weighted by Crippen LogP contribution is 2.38. The van der Waals surface area contributed by atoms with Gasteiger partial charge in [0.2, 0.25) is 5.89 Å². The number of nitrogens with zero attached hydrogens (tertiary/aromatic N) is 3. The van der Waals surface area contributed by atoms with Gasteiger partial charge in [0.05, 0.1) is 0 Å². The molecule has 0 bridgehead atoms. The highest BCUT2D eigenvalue weighted by Gasteiger charge is 2.19. The zero-order chi connectivity index (χ0) is 16.2. The van der Waals surface area contributed by atoms with Crippen molar-refractivity contribution in [2.45, 2.75) is 23.8 Å². The summed E-state index contributed by atoms with van der Waals surface area (Å²) in [7, 11) is 0. The van der Waals surface area contributed by atoms with E-state index in [0.29, 0.717) is 23.1 Å². The number of benzene rings is 1. The Morgan fingerprint density at radius 1 is 1.13 bits per heavy atom. The van der Waals surface area contributed by atoms with Crippen molar-refractivity contribution in [2.75, 3.05) is 0 Å². The van der Waals surface area contributed by atoms with Gasteiger partial charge >= 0.3 is 0 Å². The van der Waals surface area contributed by atoms with E-state index in [2.05, 4.69) is 15.2 Å². The van der Waals surface area contributed by atoms with Crippen LogP contribution in [0.3, 0.4) is 0 Å². The van der Waals surface area contributed by atoms with E-state index in [1.165, 1.54) is 23.9 Å². The number of hydrogen-bond acceptors (Lipinski definition) is 5. The molecule has 118 valence electrons. The third-order valence-corrected chi connectivity index (χ3v) is 4.50. The first-order valence-corrected chi connectivity index (χ1v) is 7.91. The van der Waals surface area contributed by atoms with Crippen molar-refractivity contribution in [3.05, 3.63) is 59.9 Å². The van der Waals surface area contributed by atoms with E-state index < -0.39 is 11.6 Å². The Balaban J connectivity index is 1.81. The number of rotatable bonds is 5. The van der Waals surface area contributed by atoms with Gasteiger partial charge in [-0.25, -0.2) is 8.78 Å². The minimum absolute atomic E-state index is 0.235. The summed E-state index contributed by atoms with van der Waals surface area (Å²) < 4.78 is 32.6. The van der Waals surface area contributed by atoms with Crippen LogP contribution in [0.5, 0.6) is 0 Å². The maximum absolute atomic E-state index is 13.9. The van der Waals surface area contributed by atoms with Gasteiger partial charge in [-0.05, 0) is 24.6 Å². The van der Waals surface area contributed by atoms with Crippen molar-refractivity contribution in [3.8, 4) is 11.5 Å². The Morgan fingerprint density at radius 2 is 1.91 bits per heavy atom. The highest BCUT2D eigenvalue weighted by atomic mass is 32.2. The van der Waals surface area contributed by atoms with Gasteiger partial charge in [0, 0.05) is 34.8 Å². The number of aromatic nitrogens is 3. The van der Waals surface area contributed by atoms with Crippen LogP contribution in [0.15, 0.2) is 52.4 Å². The van der Waals surface area contributed by atoms with E-state index in [-0.39, 0.29) is 5.25 Å². The fraction of sp³-hybridized carbons (Fsp3) is 0.188. The lowest BCUT2D eigenvalue weighted by Gasteiger charge is -2.13. The molecule has 0 spiro atoms. The molecule has 0 saturated heterocycles. The molecule has 0 aliphatic rings. The molecule has 3 aromatic rings. The normalized spacial score (nSPS) is 12.3. The molecular weight excluding hydrogens is 320 g/mol. The smallest absolute Gasteiger partial charge is 0.277 e. The minimum Gasteiger partial charge on any atom is -0.411 e. The maximum Gasteiger partial charge on any atom is 0.277 e. The summed E-state index contributed by atoms with van der Waals surface area (Å²) in [6, 6.07) is 7.11. The van der Waals surface area contributed by atoms with Crippen LogP contribution >= 0.6 is 11.8 Å². The predicted molar refractivity (Wildman–Crippen MR) is 82.8 cm³/mol. The summed E-state index contributed by atoms with van der Waals surface area (Å²) in [5, 5.41) is 8.07. The molecule has 3 rings (SSSR count). The van der Waals surface area contributed by atoms with Gasteiger partial charge in [-0.15, -0.1) is 10.2 Å². The fourth-order valence-electron chi connectivity index (χ4n) is 2.12. The second-order valence-corrected chi connectivity index (χ2v) is 5.94. The Hall–Kier alpha value is -2.28. The zero-order valence-electron chi connectivity index (χ0n) is 12.2. The van der Waals surface area contributed by atoms with Gasteiger partial charge < -0.3 is 4.42 Å². The first kappa shape index (κ1) is 15.6. The molecule has 2 heterocycles. The number of halogens is 2. The molecule has 0 radical (unpaired) electrons. The lowest BCUT2D eigenvalue weighted by Crippen LogP contribution is -1.97. The molecule has 7 heteroatoms. The summed E-state index contributed by atoms with van der Waals surface area (Å²) in [6.07, 6.45) is 3.91. The molecule has 1 atom stereocenters. The summed E-state index contributed by atoms with van der Waals surface area (Å²) in [5.74, 6) is -0.786. The van der Waals surface area contributed by atoms with E-state index >= 15 is 0 Å². The van der Waals surface area contributed by atoms with Gasteiger partial charge in [-0.2, -0.15) is 0 Å². The molecule has 1 aromatic carbocycles. The standard InChI is InChI=1S/C16H13F2N3OS/c1-2-14(12-4-3-11(17)9-13(12)18)23-16-21-20-15(22-16)10-5-7-19-8-6-10/h3-9,14H,2H2,1H3/t14-/m0/s1. The number of pyridine rings is 1. The Labute approximate surface area is 136 Å². The summed E-state index contributed by atoms with van der Waals surface area (Å²) >= 11 is 1.26. The van der Waals surface area contributed by atoms with Crippen LogP contribution in [0, 0.1) is 11.6 Å². The molecule has 2 aromatic heterocycles. The molecule has 0 saturated carbocycles. The van der Waals surface area contributed by atoms with Gasteiger partial charge in [-0.3, -0.25) is 4.98 Å². The largest absolute Gasteiger partial charge is 0.411 e. The van der Waals surface area contributed by atoms with Crippen molar-refractivity contribution in [3.63, 3.8) is 0 Å². The van der Waals surface area contributed by atoms with E-state index in [1.54, 1.807) is 24.5 Å². The second kappa shape index (κ2) is 6.87. The van der Waals surface area contributed by atoms with Crippen LogP contribution in [-0.4, -0.2) is 15.2 Å². The van der Waals surface area contributed by atoms with Crippen LogP contribution in [0.2, 0.25) is 0 Å². The number of thioether (sulfide) groups is 1. The Morgan fingerprint density at radius 3 is 2.61 bits per heavy atom. The van der Waals surface area contributed by atoms with Crippen molar-refractivity contribution in [2.24, 2.45) is 0 Å². The minimum atomic E-state index is -0.594. The number of hydrogen-bond donors (Lipinski definition) is 0. The average Bonchev–Trinajstić information content (AvgIpc) is 3.03. The lowest BCUT2D eigenvalue weighted by molar-refractivity contribution is 0.464. The van der Waals surface area contributed by atoms with Gasteiger partial charge in [0.25, 0.3) is 5.22 Å². The molecule has 4 nitrogen and oxygen atoms in total. The van der Waals surface area contributed by atoms with E-state index in [1.807, 2.05) is 6.92 Å². The van der Waals surface area contributed by atoms with Crippen LogP contribution in [0.4, 0.5) is 8.78 Å². The van der Waals surface area contributed by atoms with Gasteiger partial charge in [0.1, 0.15) is 11.6 Å². The van der Waals surface area contributed by atoms with Crippen molar-refractivity contribution >= 4 is 11.8 Å². The van der Waals surface area contributed by atoms with Crippen LogP contribution in [0.1, 0.15) is 24.2 Å². The predicted octanol–water partition coefficient (Wildman–Crippen LogP) is 4.65. The van der Waals surface area contributed by atoms with Gasteiger partial charge in [0.15, 0.2) is 0 Å². The average molecular weight is 333 g/mol. The van der Waals surface area contributed by atoms with Crippen LogP contribution in [0.25, 0.3) is 11.5 Å². The molecule has 0 unspecified atom stereocenters. The first-order chi connectivity index (χ1) is 11.2.